The summed E-state index contributed by atoms with van der Waals surface area (Å²) < 4.78 is 0. The Morgan fingerprint density at radius 1 is 1.00 bits per heavy atom. The number of benzene rings is 1. The molecule has 1 saturated heterocycles. The third-order valence-electron chi connectivity index (χ3n) is 3.31. The molecule has 0 unspecified atom stereocenters. The number of aliphatic hydroxyl groups excluding tert-OH is 1. The molecule has 1 aliphatic heterocycles. The van der Waals surface area contributed by atoms with Crippen molar-refractivity contribution in [2.75, 3.05) is 19.6 Å². The minimum absolute atomic E-state index is 0.334. The van der Waals surface area contributed by atoms with Crippen LogP contribution in [0.2, 0.25) is 0 Å². The maximum absolute atomic E-state index is 10.1. The number of β-amino-alcohol motifs (C(OH)–C–C–N with tert-alkyl or cyclic N) is 1. The lowest BCUT2D eigenvalue weighted by molar-refractivity contribution is 0.115. The Bertz CT molecular complexity index is 291. The van der Waals surface area contributed by atoms with Crippen LogP contribution in [0.15, 0.2) is 30.3 Å². The SMILES string of the molecule is O[C@H](CN1CCCCCC1)c1ccccc1. The molecule has 2 heteroatoms. The van der Waals surface area contributed by atoms with Crippen LogP contribution in [-0.2, 0) is 0 Å². The van der Waals surface area contributed by atoms with Gasteiger partial charge in [-0.2, -0.15) is 0 Å². The van der Waals surface area contributed by atoms with Crippen molar-refractivity contribution in [2.45, 2.75) is 31.8 Å². The summed E-state index contributed by atoms with van der Waals surface area (Å²) in [5.74, 6) is 0. The molecule has 0 aromatic heterocycles. The Hall–Kier alpha value is -0.860. The van der Waals surface area contributed by atoms with E-state index in [4.69, 9.17) is 0 Å². The summed E-state index contributed by atoms with van der Waals surface area (Å²) >= 11 is 0. The maximum atomic E-state index is 10.1. The second-order valence-corrected chi connectivity index (χ2v) is 4.64. The molecule has 1 aromatic rings. The van der Waals surface area contributed by atoms with Crippen LogP contribution in [-0.4, -0.2) is 29.6 Å². The van der Waals surface area contributed by atoms with E-state index in [1.54, 1.807) is 0 Å². The number of aliphatic hydroxyl groups is 1. The number of likely N-dealkylation sites (tertiary alicyclic amines) is 1. The minimum atomic E-state index is -0.334. The monoisotopic (exact) mass is 219 g/mol. The Kier molecular flexibility index (Phi) is 4.37. The average Bonchev–Trinajstić information content (AvgIpc) is 2.59. The van der Waals surface area contributed by atoms with E-state index in [9.17, 15) is 5.11 Å². The number of hydrogen-bond donors (Lipinski definition) is 1. The molecule has 16 heavy (non-hydrogen) atoms. The quantitative estimate of drug-likeness (QED) is 0.844. The minimum Gasteiger partial charge on any atom is -0.387 e. The molecule has 0 saturated carbocycles. The molecular formula is C14H21NO. The lowest BCUT2D eigenvalue weighted by Crippen LogP contribution is -2.29. The van der Waals surface area contributed by atoms with Gasteiger partial charge >= 0.3 is 0 Å². The zero-order valence-corrected chi connectivity index (χ0v) is 9.81. The number of hydrogen-bond acceptors (Lipinski definition) is 2. The second-order valence-electron chi connectivity index (χ2n) is 4.64. The highest BCUT2D eigenvalue weighted by atomic mass is 16.3. The Balaban J connectivity index is 1.88. The molecule has 2 nitrogen and oxygen atoms in total. The van der Waals surface area contributed by atoms with E-state index in [2.05, 4.69) is 4.90 Å². The summed E-state index contributed by atoms with van der Waals surface area (Å²) in [5, 5.41) is 10.1. The van der Waals surface area contributed by atoms with Crippen molar-refractivity contribution in [3.63, 3.8) is 0 Å². The van der Waals surface area contributed by atoms with Gasteiger partial charge in [0.05, 0.1) is 6.10 Å². The molecule has 1 aliphatic rings. The molecule has 0 amide bonds. The van der Waals surface area contributed by atoms with Crippen LogP contribution in [0.5, 0.6) is 0 Å². The van der Waals surface area contributed by atoms with E-state index >= 15 is 0 Å². The number of rotatable bonds is 3. The van der Waals surface area contributed by atoms with E-state index < -0.39 is 0 Å². The predicted molar refractivity (Wildman–Crippen MR) is 66.3 cm³/mol. The fraction of sp³-hybridized carbons (Fsp3) is 0.571. The standard InChI is InChI=1S/C14H21NO/c16-14(13-8-4-3-5-9-13)12-15-10-6-1-2-7-11-15/h3-5,8-9,14,16H,1-2,6-7,10-12H2/t14-/m1/s1. The van der Waals surface area contributed by atoms with Gasteiger partial charge in [0.2, 0.25) is 0 Å². The van der Waals surface area contributed by atoms with Gasteiger partial charge in [-0.1, -0.05) is 43.2 Å². The third-order valence-corrected chi connectivity index (χ3v) is 3.31. The first-order valence-electron chi connectivity index (χ1n) is 6.31. The molecule has 0 bridgehead atoms. The van der Waals surface area contributed by atoms with Crippen LogP contribution in [0.1, 0.15) is 37.4 Å². The smallest absolute Gasteiger partial charge is 0.0916 e. The molecule has 0 radical (unpaired) electrons. The first kappa shape index (κ1) is 11.6. The summed E-state index contributed by atoms with van der Waals surface area (Å²) in [4.78, 5) is 2.39. The fourth-order valence-electron chi connectivity index (χ4n) is 2.34. The van der Waals surface area contributed by atoms with E-state index in [0.29, 0.717) is 0 Å². The van der Waals surface area contributed by atoms with E-state index in [1.807, 2.05) is 30.3 Å². The molecule has 1 heterocycles. The van der Waals surface area contributed by atoms with E-state index in [1.165, 1.54) is 25.7 Å². The Labute approximate surface area is 97.9 Å². The molecular weight excluding hydrogens is 198 g/mol. The largest absolute Gasteiger partial charge is 0.387 e. The van der Waals surface area contributed by atoms with Gasteiger partial charge in [-0.05, 0) is 31.5 Å². The normalized spacial score (nSPS) is 20.3. The Morgan fingerprint density at radius 3 is 2.25 bits per heavy atom. The summed E-state index contributed by atoms with van der Waals surface area (Å²) in [6.07, 6.45) is 4.91. The lowest BCUT2D eigenvalue weighted by Gasteiger charge is -2.23. The lowest BCUT2D eigenvalue weighted by atomic mass is 10.1. The molecule has 2 rings (SSSR count). The molecule has 1 aromatic carbocycles. The molecule has 88 valence electrons. The van der Waals surface area contributed by atoms with Crippen molar-refractivity contribution >= 4 is 0 Å². The van der Waals surface area contributed by atoms with Crippen LogP contribution in [0, 0.1) is 0 Å². The molecule has 1 fully saturated rings. The molecule has 1 atom stereocenters. The van der Waals surface area contributed by atoms with Gasteiger partial charge in [-0.25, -0.2) is 0 Å². The van der Waals surface area contributed by atoms with Crippen LogP contribution in [0.4, 0.5) is 0 Å². The van der Waals surface area contributed by atoms with Crippen LogP contribution < -0.4 is 0 Å². The molecule has 0 aliphatic carbocycles. The second kappa shape index (κ2) is 6.02. The highest BCUT2D eigenvalue weighted by molar-refractivity contribution is 5.17. The summed E-state index contributed by atoms with van der Waals surface area (Å²) in [5.41, 5.74) is 1.03. The van der Waals surface area contributed by atoms with Crippen LogP contribution in [0.25, 0.3) is 0 Å². The van der Waals surface area contributed by atoms with E-state index in [-0.39, 0.29) is 6.10 Å². The van der Waals surface area contributed by atoms with Crippen molar-refractivity contribution < 1.29 is 5.11 Å². The highest BCUT2D eigenvalue weighted by Crippen LogP contribution is 2.16. The topological polar surface area (TPSA) is 23.5 Å². The molecule has 1 N–H and O–H groups in total. The summed E-state index contributed by atoms with van der Waals surface area (Å²) in [7, 11) is 0. The van der Waals surface area contributed by atoms with Gasteiger partial charge in [0.1, 0.15) is 0 Å². The zero-order chi connectivity index (χ0) is 11.2. The van der Waals surface area contributed by atoms with E-state index in [0.717, 1.165) is 25.2 Å². The van der Waals surface area contributed by atoms with Gasteiger partial charge in [-0.3, -0.25) is 0 Å². The fourth-order valence-corrected chi connectivity index (χ4v) is 2.34. The van der Waals surface area contributed by atoms with Gasteiger partial charge in [-0.15, -0.1) is 0 Å². The van der Waals surface area contributed by atoms with Crippen molar-refractivity contribution in [3.05, 3.63) is 35.9 Å². The average molecular weight is 219 g/mol. The van der Waals surface area contributed by atoms with Gasteiger partial charge in [0, 0.05) is 6.54 Å². The summed E-state index contributed by atoms with van der Waals surface area (Å²) in [6, 6.07) is 9.97. The van der Waals surface area contributed by atoms with Gasteiger partial charge < -0.3 is 10.0 Å². The third kappa shape index (κ3) is 3.32. The predicted octanol–water partition coefficient (Wildman–Crippen LogP) is 2.60. The Morgan fingerprint density at radius 2 is 1.62 bits per heavy atom. The number of nitrogens with zero attached hydrogens (tertiary/aromatic N) is 1. The van der Waals surface area contributed by atoms with Crippen molar-refractivity contribution in [1.29, 1.82) is 0 Å². The van der Waals surface area contributed by atoms with Crippen molar-refractivity contribution in [3.8, 4) is 0 Å². The highest BCUT2D eigenvalue weighted by Gasteiger charge is 2.14. The van der Waals surface area contributed by atoms with Crippen molar-refractivity contribution in [2.24, 2.45) is 0 Å². The summed E-state index contributed by atoms with van der Waals surface area (Å²) in [6.45, 7) is 3.07. The van der Waals surface area contributed by atoms with Crippen LogP contribution in [0.3, 0.4) is 0 Å². The maximum Gasteiger partial charge on any atom is 0.0916 e. The first-order valence-corrected chi connectivity index (χ1v) is 6.31. The van der Waals surface area contributed by atoms with Gasteiger partial charge in [0.25, 0.3) is 0 Å². The van der Waals surface area contributed by atoms with Gasteiger partial charge in [0.15, 0.2) is 0 Å². The van der Waals surface area contributed by atoms with Crippen molar-refractivity contribution in [1.82, 2.24) is 4.90 Å². The van der Waals surface area contributed by atoms with Crippen LogP contribution >= 0.6 is 0 Å². The first-order chi connectivity index (χ1) is 7.86. The molecule has 0 spiro atoms. The zero-order valence-electron chi connectivity index (χ0n) is 9.81.